The molecule has 0 aromatic heterocycles. The standard InChI is InChI=1S/C12H18N2O4S/c1-8(2)14-12(15)7-18-10-5-4-9(3)6-11(10)19(13,16)17/h4-6,8H,7H2,1-3H3,(H,14,15)(H2,13,16,17). The summed E-state index contributed by atoms with van der Waals surface area (Å²) >= 11 is 0. The van der Waals surface area contributed by atoms with E-state index in [1.54, 1.807) is 13.0 Å². The van der Waals surface area contributed by atoms with Crippen LogP contribution in [-0.2, 0) is 14.8 Å². The SMILES string of the molecule is Cc1ccc(OCC(=O)NC(C)C)c(S(N)(=O)=O)c1. The maximum atomic E-state index is 11.4. The molecule has 1 aromatic carbocycles. The molecule has 0 aliphatic rings. The summed E-state index contributed by atoms with van der Waals surface area (Å²) in [5.41, 5.74) is 0.739. The minimum absolute atomic E-state index is 0.00757. The van der Waals surface area contributed by atoms with Crippen molar-refractivity contribution in [3.8, 4) is 5.75 Å². The van der Waals surface area contributed by atoms with Crippen LogP contribution in [0, 0.1) is 6.92 Å². The summed E-state index contributed by atoms with van der Waals surface area (Å²) in [5.74, 6) is -0.247. The van der Waals surface area contributed by atoms with Crippen molar-refractivity contribution in [2.75, 3.05) is 6.61 Å². The van der Waals surface area contributed by atoms with Crippen molar-refractivity contribution in [1.82, 2.24) is 5.32 Å². The van der Waals surface area contributed by atoms with Crippen molar-refractivity contribution in [1.29, 1.82) is 0 Å². The van der Waals surface area contributed by atoms with E-state index in [1.165, 1.54) is 12.1 Å². The van der Waals surface area contributed by atoms with Gasteiger partial charge in [0.2, 0.25) is 10.0 Å². The molecular weight excluding hydrogens is 268 g/mol. The molecular formula is C12H18N2O4S. The molecule has 0 unspecified atom stereocenters. The van der Waals surface area contributed by atoms with E-state index in [1.807, 2.05) is 13.8 Å². The molecule has 106 valence electrons. The molecule has 0 heterocycles. The number of benzene rings is 1. The van der Waals surface area contributed by atoms with Crippen molar-refractivity contribution < 1.29 is 17.9 Å². The number of carbonyl (C=O) groups is 1. The number of primary sulfonamides is 1. The van der Waals surface area contributed by atoms with Gasteiger partial charge in [-0.15, -0.1) is 0 Å². The van der Waals surface area contributed by atoms with Gasteiger partial charge in [-0.3, -0.25) is 4.79 Å². The summed E-state index contributed by atoms with van der Waals surface area (Å²) in [6.07, 6.45) is 0. The van der Waals surface area contributed by atoms with Crippen LogP contribution in [0.25, 0.3) is 0 Å². The van der Waals surface area contributed by atoms with E-state index in [0.29, 0.717) is 0 Å². The van der Waals surface area contributed by atoms with Crippen LogP contribution >= 0.6 is 0 Å². The van der Waals surface area contributed by atoms with Gasteiger partial charge in [-0.05, 0) is 38.5 Å². The van der Waals surface area contributed by atoms with Crippen molar-refractivity contribution in [3.63, 3.8) is 0 Å². The normalized spacial score (nSPS) is 11.4. The Morgan fingerprint density at radius 1 is 1.42 bits per heavy atom. The second kappa shape index (κ2) is 6.03. The maximum Gasteiger partial charge on any atom is 0.258 e. The molecule has 0 saturated heterocycles. The van der Waals surface area contributed by atoms with E-state index >= 15 is 0 Å². The Morgan fingerprint density at radius 3 is 2.58 bits per heavy atom. The van der Waals surface area contributed by atoms with Crippen molar-refractivity contribution in [3.05, 3.63) is 23.8 Å². The second-order valence-corrected chi connectivity index (χ2v) is 6.04. The van der Waals surface area contributed by atoms with Crippen molar-refractivity contribution in [2.24, 2.45) is 5.14 Å². The van der Waals surface area contributed by atoms with Gasteiger partial charge in [0, 0.05) is 6.04 Å². The predicted octanol–water partition coefficient (Wildman–Crippen LogP) is 0.546. The van der Waals surface area contributed by atoms with Crippen molar-refractivity contribution in [2.45, 2.75) is 31.7 Å². The number of rotatable bonds is 5. The molecule has 0 radical (unpaired) electrons. The lowest BCUT2D eigenvalue weighted by Gasteiger charge is -2.12. The fourth-order valence-electron chi connectivity index (χ4n) is 1.46. The molecule has 0 bridgehead atoms. The van der Waals surface area contributed by atoms with Crippen LogP contribution in [0.3, 0.4) is 0 Å². The number of ether oxygens (including phenoxy) is 1. The van der Waals surface area contributed by atoms with Crippen LogP contribution in [-0.4, -0.2) is 27.0 Å². The Labute approximate surface area is 113 Å². The average Bonchev–Trinajstić information content (AvgIpc) is 2.25. The molecule has 1 amide bonds. The largest absolute Gasteiger partial charge is 0.482 e. The number of amides is 1. The zero-order valence-corrected chi connectivity index (χ0v) is 12.0. The first kappa shape index (κ1) is 15.5. The van der Waals surface area contributed by atoms with Gasteiger partial charge in [-0.1, -0.05) is 6.07 Å². The molecule has 6 nitrogen and oxygen atoms in total. The average molecular weight is 286 g/mol. The van der Waals surface area contributed by atoms with Crippen LogP contribution in [0.5, 0.6) is 5.75 Å². The quantitative estimate of drug-likeness (QED) is 0.825. The van der Waals surface area contributed by atoms with Gasteiger partial charge in [0.15, 0.2) is 6.61 Å². The summed E-state index contributed by atoms with van der Waals surface area (Å²) in [6, 6.07) is 4.57. The van der Waals surface area contributed by atoms with Gasteiger partial charge in [-0.25, -0.2) is 13.6 Å². The first-order chi connectivity index (χ1) is 8.70. The molecule has 0 atom stereocenters. The Morgan fingerprint density at radius 2 is 2.05 bits per heavy atom. The first-order valence-electron chi connectivity index (χ1n) is 5.76. The molecule has 0 fully saturated rings. The van der Waals surface area contributed by atoms with Crippen LogP contribution in [0.1, 0.15) is 19.4 Å². The summed E-state index contributed by atoms with van der Waals surface area (Å²) in [6.45, 7) is 5.12. The van der Waals surface area contributed by atoms with Crippen molar-refractivity contribution >= 4 is 15.9 Å². The number of nitrogens with one attached hydrogen (secondary N) is 1. The lowest BCUT2D eigenvalue weighted by atomic mass is 10.2. The minimum atomic E-state index is -3.88. The maximum absolute atomic E-state index is 11.4. The lowest BCUT2D eigenvalue weighted by molar-refractivity contribution is -0.123. The van der Waals surface area contributed by atoms with E-state index in [9.17, 15) is 13.2 Å². The smallest absolute Gasteiger partial charge is 0.258 e. The molecule has 0 saturated carbocycles. The number of aryl methyl sites for hydroxylation is 1. The van der Waals surface area contributed by atoms with E-state index in [-0.39, 0.29) is 29.2 Å². The van der Waals surface area contributed by atoms with Gasteiger partial charge in [-0.2, -0.15) is 0 Å². The third kappa shape index (κ3) is 4.88. The van der Waals surface area contributed by atoms with Gasteiger partial charge in [0.25, 0.3) is 5.91 Å². The molecule has 0 aliphatic carbocycles. The third-order valence-corrected chi connectivity index (χ3v) is 3.15. The van der Waals surface area contributed by atoms with E-state index < -0.39 is 10.0 Å². The van der Waals surface area contributed by atoms with Crippen LogP contribution in [0.4, 0.5) is 0 Å². The van der Waals surface area contributed by atoms with E-state index in [2.05, 4.69) is 5.32 Å². The monoisotopic (exact) mass is 286 g/mol. The van der Waals surface area contributed by atoms with Crippen LogP contribution < -0.4 is 15.2 Å². The molecule has 3 N–H and O–H groups in total. The van der Waals surface area contributed by atoms with Gasteiger partial charge >= 0.3 is 0 Å². The summed E-state index contributed by atoms with van der Waals surface area (Å²) in [7, 11) is -3.88. The van der Waals surface area contributed by atoms with E-state index in [4.69, 9.17) is 9.88 Å². The summed E-state index contributed by atoms with van der Waals surface area (Å²) < 4.78 is 28.1. The van der Waals surface area contributed by atoms with Crippen LogP contribution in [0.15, 0.2) is 23.1 Å². The zero-order chi connectivity index (χ0) is 14.6. The number of carbonyl (C=O) groups excluding carboxylic acids is 1. The number of nitrogens with two attached hydrogens (primary N) is 1. The Kier molecular flexibility index (Phi) is 4.90. The number of hydrogen-bond donors (Lipinski definition) is 2. The summed E-state index contributed by atoms with van der Waals surface area (Å²) in [4.78, 5) is 11.3. The van der Waals surface area contributed by atoms with Gasteiger partial charge < -0.3 is 10.1 Å². The second-order valence-electron chi connectivity index (χ2n) is 4.51. The molecule has 7 heteroatoms. The fourth-order valence-corrected chi connectivity index (χ4v) is 2.22. The number of hydrogen-bond acceptors (Lipinski definition) is 4. The minimum Gasteiger partial charge on any atom is -0.482 e. The number of sulfonamides is 1. The Hall–Kier alpha value is -1.60. The fraction of sp³-hybridized carbons (Fsp3) is 0.417. The topological polar surface area (TPSA) is 98.5 Å². The highest BCUT2D eigenvalue weighted by Gasteiger charge is 2.16. The Bertz CT molecular complexity index is 567. The zero-order valence-electron chi connectivity index (χ0n) is 11.1. The lowest BCUT2D eigenvalue weighted by Crippen LogP contribution is -2.34. The van der Waals surface area contributed by atoms with Gasteiger partial charge in [0.1, 0.15) is 10.6 Å². The highest BCUT2D eigenvalue weighted by Crippen LogP contribution is 2.23. The Balaban J connectivity index is 2.88. The first-order valence-corrected chi connectivity index (χ1v) is 7.30. The molecule has 0 aliphatic heterocycles. The summed E-state index contributed by atoms with van der Waals surface area (Å²) in [5, 5.41) is 7.74. The predicted molar refractivity (Wildman–Crippen MR) is 71.3 cm³/mol. The molecule has 0 spiro atoms. The van der Waals surface area contributed by atoms with Crippen LogP contribution in [0.2, 0.25) is 0 Å². The van der Waals surface area contributed by atoms with E-state index in [0.717, 1.165) is 5.56 Å². The molecule has 19 heavy (non-hydrogen) atoms. The molecule has 1 aromatic rings. The van der Waals surface area contributed by atoms with Gasteiger partial charge in [0.05, 0.1) is 0 Å². The molecule has 1 rings (SSSR count). The highest BCUT2D eigenvalue weighted by molar-refractivity contribution is 7.89. The third-order valence-electron chi connectivity index (χ3n) is 2.21. The highest BCUT2D eigenvalue weighted by atomic mass is 32.2.